The van der Waals surface area contributed by atoms with E-state index in [9.17, 15) is 9.59 Å². The number of ether oxygens (including phenoxy) is 1. The molecule has 0 fully saturated rings. The summed E-state index contributed by atoms with van der Waals surface area (Å²) in [5.41, 5.74) is -0.907. The van der Waals surface area contributed by atoms with E-state index in [1.807, 2.05) is 6.92 Å². The molecule has 7 nitrogen and oxygen atoms in total. The van der Waals surface area contributed by atoms with E-state index in [-0.39, 0.29) is 5.69 Å². The number of aromatic amines is 1. The van der Waals surface area contributed by atoms with E-state index in [0.717, 1.165) is 6.42 Å². The maximum atomic E-state index is 11.8. The van der Waals surface area contributed by atoms with Crippen LogP contribution < -0.4 is 5.32 Å². The Morgan fingerprint density at radius 1 is 1.59 bits per heavy atom. The van der Waals surface area contributed by atoms with E-state index in [1.165, 1.54) is 13.3 Å². The molecule has 1 heterocycles. The van der Waals surface area contributed by atoms with Gasteiger partial charge in [-0.15, -0.1) is 0 Å². The second-order valence-electron chi connectivity index (χ2n) is 3.88. The highest BCUT2D eigenvalue weighted by Crippen LogP contribution is 2.14. The average Bonchev–Trinajstić information content (AvgIpc) is 2.81. The number of amides is 1. The summed E-state index contributed by atoms with van der Waals surface area (Å²) >= 11 is 0. The maximum Gasteiger partial charge on any atom is 0.331 e. The number of carbonyl (C=O) groups excluding carboxylic acids is 2. The SMILES string of the molecule is CCCC(C)(NC(=O)c1cn[nH]n1)C(=O)OC. The summed E-state index contributed by atoms with van der Waals surface area (Å²) in [6.45, 7) is 3.55. The lowest BCUT2D eigenvalue weighted by atomic mass is 9.96. The molecule has 0 aromatic carbocycles. The first-order valence-electron chi connectivity index (χ1n) is 5.30. The summed E-state index contributed by atoms with van der Waals surface area (Å²) < 4.78 is 4.69. The Bertz CT molecular complexity index is 390. The Kier molecular flexibility index (Phi) is 4.19. The molecule has 94 valence electrons. The van der Waals surface area contributed by atoms with Crippen LogP contribution in [-0.4, -0.2) is 39.9 Å². The van der Waals surface area contributed by atoms with Crippen molar-refractivity contribution in [3.63, 3.8) is 0 Å². The fourth-order valence-corrected chi connectivity index (χ4v) is 1.57. The molecule has 0 bridgehead atoms. The van der Waals surface area contributed by atoms with Crippen molar-refractivity contribution in [1.82, 2.24) is 20.7 Å². The van der Waals surface area contributed by atoms with E-state index in [4.69, 9.17) is 0 Å². The number of rotatable bonds is 5. The predicted molar refractivity (Wildman–Crippen MR) is 59.2 cm³/mol. The van der Waals surface area contributed by atoms with Crippen LogP contribution in [0.25, 0.3) is 0 Å². The number of hydrogen-bond acceptors (Lipinski definition) is 5. The van der Waals surface area contributed by atoms with Gasteiger partial charge in [0.05, 0.1) is 13.3 Å². The monoisotopic (exact) mass is 240 g/mol. The van der Waals surface area contributed by atoms with Crippen LogP contribution >= 0.6 is 0 Å². The lowest BCUT2D eigenvalue weighted by Gasteiger charge is -2.26. The van der Waals surface area contributed by atoms with Crippen LogP contribution in [0.5, 0.6) is 0 Å². The lowest BCUT2D eigenvalue weighted by molar-refractivity contribution is -0.147. The van der Waals surface area contributed by atoms with Gasteiger partial charge in [0.1, 0.15) is 5.54 Å². The van der Waals surface area contributed by atoms with Gasteiger partial charge in [-0.2, -0.15) is 15.4 Å². The second-order valence-corrected chi connectivity index (χ2v) is 3.88. The molecule has 0 aliphatic rings. The summed E-state index contributed by atoms with van der Waals surface area (Å²) in [6, 6.07) is 0. The Balaban J connectivity index is 2.80. The number of methoxy groups -OCH3 is 1. The minimum atomic E-state index is -1.04. The molecule has 7 heteroatoms. The molecular weight excluding hydrogens is 224 g/mol. The number of H-pyrrole nitrogens is 1. The van der Waals surface area contributed by atoms with Crippen molar-refractivity contribution in [2.24, 2.45) is 0 Å². The number of hydrogen-bond donors (Lipinski definition) is 2. The summed E-state index contributed by atoms with van der Waals surface area (Å²) in [6.07, 6.45) is 2.52. The van der Waals surface area contributed by atoms with Crippen LogP contribution in [-0.2, 0) is 9.53 Å². The molecule has 0 saturated carbocycles. The highest BCUT2D eigenvalue weighted by molar-refractivity contribution is 5.96. The fourth-order valence-electron chi connectivity index (χ4n) is 1.57. The smallest absolute Gasteiger partial charge is 0.331 e. The van der Waals surface area contributed by atoms with E-state index in [2.05, 4.69) is 25.5 Å². The average molecular weight is 240 g/mol. The van der Waals surface area contributed by atoms with E-state index in [1.54, 1.807) is 6.92 Å². The molecule has 1 unspecified atom stereocenters. The summed E-state index contributed by atoms with van der Waals surface area (Å²) in [5.74, 6) is -0.934. The van der Waals surface area contributed by atoms with Crippen molar-refractivity contribution in [2.45, 2.75) is 32.2 Å². The van der Waals surface area contributed by atoms with Gasteiger partial charge in [0, 0.05) is 0 Å². The van der Waals surface area contributed by atoms with E-state index in [0.29, 0.717) is 6.42 Å². The molecule has 0 radical (unpaired) electrons. The lowest BCUT2D eigenvalue weighted by Crippen LogP contribution is -2.52. The van der Waals surface area contributed by atoms with Crippen LogP contribution in [0.3, 0.4) is 0 Å². The molecule has 1 amide bonds. The van der Waals surface area contributed by atoms with Crippen LogP contribution in [0.1, 0.15) is 37.2 Å². The van der Waals surface area contributed by atoms with Crippen molar-refractivity contribution >= 4 is 11.9 Å². The normalized spacial score (nSPS) is 13.8. The van der Waals surface area contributed by atoms with Crippen LogP contribution in [0.2, 0.25) is 0 Å². The number of nitrogens with one attached hydrogen (secondary N) is 2. The molecule has 1 atom stereocenters. The molecule has 0 aliphatic carbocycles. The van der Waals surface area contributed by atoms with Gasteiger partial charge in [0.25, 0.3) is 5.91 Å². The molecule has 2 N–H and O–H groups in total. The zero-order valence-corrected chi connectivity index (χ0v) is 10.1. The molecule has 0 spiro atoms. The maximum absolute atomic E-state index is 11.8. The zero-order valence-electron chi connectivity index (χ0n) is 10.1. The molecule has 0 aliphatic heterocycles. The standard InChI is InChI=1S/C10H16N4O3/c1-4-5-10(2,9(16)17-3)12-8(15)7-6-11-14-13-7/h6H,4-5H2,1-3H3,(H,12,15)(H,11,13,14). The third kappa shape index (κ3) is 3.02. The van der Waals surface area contributed by atoms with Gasteiger partial charge >= 0.3 is 5.97 Å². The summed E-state index contributed by atoms with van der Waals surface area (Å²) in [7, 11) is 1.29. The third-order valence-electron chi connectivity index (χ3n) is 2.42. The minimum Gasteiger partial charge on any atom is -0.467 e. The molecule has 0 saturated heterocycles. The van der Waals surface area contributed by atoms with Crippen molar-refractivity contribution in [2.75, 3.05) is 7.11 Å². The molecule has 1 rings (SSSR count). The quantitative estimate of drug-likeness (QED) is 0.720. The second kappa shape index (κ2) is 5.42. The Morgan fingerprint density at radius 3 is 2.76 bits per heavy atom. The summed E-state index contributed by atoms with van der Waals surface area (Å²) in [4.78, 5) is 23.4. The highest BCUT2D eigenvalue weighted by Gasteiger charge is 2.35. The number of carbonyl (C=O) groups is 2. The van der Waals surface area contributed by atoms with Crippen molar-refractivity contribution < 1.29 is 14.3 Å². The zero-order chi connectivity index (χ0) is 12.9. The van der Waals surface area contributed by atoms with Crippen molar-refractivity contribution in [3.05, 3.63) is 11.9 Å². The van der Waals surface area contributed by atoms with Gasteiger partial charge in [-0.3, -0.25) is 4.79 Å². The number of esters is 1. The topological polar surface area (TPSA) is 97.0 Å². The van der Waals surface area contributed by atoms with Gasteiger partial charge in [0.2, 0.25) is 0 Å². The van der Waals surface area contributed by atoms with Gasteiger partial charge in [0.15, 0.2) is 5.69 Å². The minimum absolute atomic E-state index is 0.135. The van der Waals surface area contributed by atoms with E-state index < -0.39 is 17.4 Å². The van der Waals surface area contributed by atoms with Gasteiger partial charge in [-0.25, -0.2) is 4.79 Å². The first-order chi connectivity index (χ1) is 8.03. The first kappa shape index (κ1) is 13.1. The molecule has 1 aromatic heterocycles. The highest BCUT2D eigenvalue weighted by atomic mass is 16.5. The van der Waals surface area contributed by atoms with Gasteiger partial charge < -0.3 is 10.1 Å². The fraction of sp³-hybridized carbons (Fsp3) is 0.600. The van der Waals surface area contributed by atoms with Crippen LogP contribution in [0.4, 0.5) is 0 Å². The van der Waals surface area contributed by atoms with E-state index >= 15 is 0 Å². The molecule has 17 heavy (non-hydrogen) atoms. The largest absolute Gasteiger partial charge is 0.467 e. The van der Waals surface area contributed by atoms with Crippen molar-refractivity contribution in [1.29, 1.82) is 0 Å². The summed E-state index contributed by atoms with van der Waals surface area (Å²) in [5, 5.41) is 12.1. The Hall–Kier alpha value is -1.92. The van der Waals surface area contributed by atoms with Crippen LogP contribution in [0.15, 0.2) is 6.20 Å². The molecular formula is C10H16N4O3. The molecule has 1 aromatic rings. The number of nitrogens with zero attached hydrogens (tertiary/aromatic N) is 2. The van der Waals surface area contributed by atoms with Crippen molar-refractivity contribution in [3.8, 4) is 0 Å². The Labute approximate surface area is 98.9 Å². The van der Waals surface area contributed by atoms with Gasteiger partial charge in [-0.05, 0) is 13.3 Å². The third-order valence-corrected chi connectivity index (χ3v) is 2.42. The first-order valence-corrected chi connectivity index (χ1v) is 5.30. The number of aromatic nitrogens is 3. The predicted octanol–water partition coefficient (Wildman–Crippen LogP) is 0.266. The Morgan fingerprint density at radius 2 is 2.29 bits per heavy atom. The van der Waals surface area contributed by atoms with Gasteiger partial charge in [-0.1, -0.05) is 13.3 Å². The van der Waals surface area contributed by atoms with Crippen LogP contribution in [0, 0.1) is 0 Å².